The first-order valence-electron chi connectivity index (χ1n) is 7.86. The van der Waals surface area contributed by atoms with Crippen molar-refractivity contribution in [3.05, 3.63) is 50.9 Å². The highest BCUT2D eigenvalue weighted by Gasteiger charge is 2.22. The van der Waals surface area contributed by atoms with Crippen LogP contribution in [-0.4, -0.2) is 35.6 Å². The van der Waals surface area contributed by atoms with Crippen LogP contribution < -0.4 is 5.56 Å². The maximum absolute atomic E-state index is 12.7. The normalized spacial score (nSPS) is 11.9. The molecule has 1 heterocycles. The Balaban J connectivity index is 2.37. The third-order valence-electron chi connectivity index (χ3n) is 3.71. The zero-order valence-corrected chi connectivity index (χ0v) is 16.3. The minimum atomic E-state index is -3.57. The summed E-state index contributed by atoms with van der Waals surface area (Å²) in [7, 11) is -3.57. The summed E-state index contributed by atoms with van der Waals surface area (Å²) in [6.45, 7) is 4.70. The molecule has 0 radical (unpaired) electrons. The van der Waals surface area contributed by atoms with Crippen molar-refractivity contribution in [2.45, 2.75) is 31.6 Å². The molecule has 0 saturated heterocycles. The molecule has 0 bridgehead atoms. The molecule has 2 rings (SSSR count). The average Bonchev–Trinajstić information content (AvgIpc) is 2.60. The van der Waals surface area contributed by atoms with Gasteiger partial charge in [-0.05, 0) is 30.7 Å². The fourth-order valence-electron chi connectivity index (χ4n) is 2.29. The van der Waals surface area contributed by atoms with Crippen LogP contribution >= 0.6 is 23.2 Å². The molecule has 136 valence electrons. The molecular formula is C16H19Cl2N3O3S. The highest BCUT2D eigenvalue weighted by molar-refractivity contribution is 7.89. The van der Waals surface area contributed by atoms with E-state index in [2.05, 4.69) is 5.10 Å². The number of sulfonamides is 1. The Labute approximate surface area is 157 Å². The molecule has 0 aliphatic rings. The van der Waals surface area contributed by atoms with Crippen LogP contribution in [0.5, 0.6) is 0 Å². The number of halogens is 2. The van der Waals surface area contributed by atoms with Gasteiger partial charge in [-0.25, -0.2) is 8.42 Å². The third-order valence-corrected chi connectivity index (χ3v) is 6.45. The van der Waals surface area contributed by atoms with E-state index in [4.69, 9.17) is 23.2 Å². The van der Waals surface area contributed by atoms with Crippen LogP contribution in [-0.2, 0) is 10.0 Å². The number of rotatable bonds is 7. The van der Waals surface area contributed by atoms with Crippen molar-refractivity contribution in [3.8, 4) is 5.69 Å². The molecule has 6 nitrogen and oxygen atoms in total. The fraction of sp³-hybridized carbons (Fsp3) is 0.375. The van der Waals surface area contributed by atoms with E-state index in [1.807, 2.05) is 6.92 Å². The zero-order chi connectivity index (χ0) is 18.6. The molecule has 0 aliphatic heterocycles. The molecule has 1 aromatic heterocycles. The quantitative estimate of drug-likeness (QED) is 0.710. The van der Waals surface area contributed by atoms with Crippen molar-refractivity contribution in [3.63, 3.8) is 0 Å². The Bertz CT molecular complexity index is 896. The van der Waals surface area contributed by atoms with Gasteiger partial charge in [0.15, 0.2) is 0 Å². The Morgan fingerprint density at radius 1 is 1.16 bits per heavy atom. The smallest absolute Gasteiger partial charge is 0.266 e. The largest absolute Gasteiger partial charge is 0.291 e. The molecular weight excluding hydrogens is 385 g/mol. The fourth-order valence-corrected chi connectivity index (χ4v) is 4.03. The van der Waals surface area contributed by atoms with E-state index < -0.39 is 15.6 Å². The van der Waals surface area contributed by atoms with E-state index in [1.54, 1.807) is 6.92 Å². The lowest BCUT2D eigenvalue weighted by Gasteiger charge is -2.20. The van der Waals surface area contributed by atoms with Gasteiger partial charge in [0.1, 0.15) is 5.02 Å². The second kappa shape index (κ2) is 8.31. The van der Waals surface area contributed by atoms with Crippen molar-refractivity contribution in [2.24, 2.45) is 0 Å². The van der Waals surface area contributed by atoms with Gasteiger partial charge in [0.05, 0.1) is 21.8 Å². The topological polar surface area (TPSA) is 72.3 Å². The minimum Gasteiger partial charge on any atom is -0.266 e. The molecule has 0 fully saturated rings. The van der Waals surface area contributed by atoms with Crippen molar-refractivity contribution in [2.75, 3.05) is 13.1 Å². The van der Waals surface area contributed by atoms with E-state index in [-0.39, 0.29) is 14.9 Å². The number of unbranched alkanes of at least 4 members (excludes halogenated alkanes) is 1. The minimum absolute atomic E-state index is 0.0663. The first-order chi connectivity index (χ1) is 11.8. The van der Waals surface area contributed by atoms with Crippen molar-refractivity contribution in [1.82, 2.24) is 14.1 Å². The summed E-state index contributed by atoms with van der Waals surface area (Å²) < 4.78 is 27.9. The second-order valence-electron chi connectivity index (χ2n) is 5.37. The predicted molar refractivity (Wildman–Crippen MR) is 99.2 cm³/mol. The molecule has 0 spiro atoms. The van der Waals surface area contributed by atoms with Crippen LogP contribution in [0.15, 0.2) is 40.2 Å². The number of hydrogen-bond donors (Lipinski definition) is 0. The SMILES string of the molecule is CCCCN(CC)S(=O)(=O)c1ccc(-n2ncc(Cl)c(Cl)c2=O)cc1. The molecule has 25 heavy (non-hydrogen) atoms. The maximum atomic E-state index is 12.7. The van der Waals surface area contributed by atoms with Crippen LogP contribution in [0.3, 0.4) is 0 Å². The van der Waals surface area contributed by atoms with Gasteiger partial charge in [-0.2, -0.15) is 14.1 Å². The number of benzene rings is 1. The van der Waals surface area contributed by atoms with Crippen molar-refractivity contribution >= 4 is 33.2 Å². The number of aromatic nitrogens is 2. The molecule has 2 aromatic rings. The summed E-state index contributed by atoms with van der Waals surface area (Å²) in [5.41, 5.74) is -0.165. The lowest BCUT2D eigenvalue weighted by Crippen LogP contribution is -2.31. The summed E-state index contributed by atoms with van der Waals surface area (Å²) in [4.78, 5) is 12.3. The monoisotopic (exact) mass is 403 g/mol. The van der Waals surface area contributed by atoms with Gasteiger partial charge in [-0.15, -0.1) is 0 Å². The van der Waals surface area contributed by atoms with Crippen LogP contribution in [0.4, 0.5) is 0 Å². The first kappa shape index (κ1) is 19.9. The first-order valence-corrected chi connectivity index (χ1v) is 10.1. The average molecular weight is 404 g/mol. The van der Waals surface area contributed by atoms with E-state index in [0.29, 0.717) is 18.8 Å². The molecule has 1 aromatic carbocycles. The standard InChI is InChI=1S/C16H19Cl2N3O3S/c1-3-5-10-20(4-2)25(23,24)13-8-6-12(7-9-13)21-16(22)15(18)14(17)11-19-21/h6-9,11H,3-5,10H2,1-2H3. The molecule has 0 amide bonds. The molecule has 0 atom stereocenters. The number of nitrogens with zero attached hydrogens (tertiary/aromatic N) is 3. The van der Waals surface area contributed by atoms with Crippen molar-refractivity contribution < 1.29 is 8.42 Å². The Hall–Kier alpha value is -1.41. The maximum Gasteiger partial charge on any atom is 0.291 e. The summed E-state index contributed by atoms with van der Waals surface area (Å²) in [5.74, 6) is 0. The Morgan fingerprint density at radius 3 is 2.36 bits per heavy atom. The van der Waals surface area contributed by atoms with Gasteiger partial charge in [0.25, 0.3) is 5.56 Å². The summed E-state index contributed by atoms with van der Waals surface area (Å²) in [5, 5.41) is 3.85. The van der Waals surface area contributed by atoms with Crippen LogP contribution in [0.1, 0.15) is 26.7 Å². The Kier molecular flexibility index (Phi) is 6.62. The van der Waals surface area contributed by atoms with Gasteiger partial charge in [0, 0.05) is 13.1 Å². The van der Waals surface area contributed by atoms with Crippen molar-refractivity contribution in [1.29, 1.82) is 0 Å². The second-order valence-corrected chi connectivity index (χ2v) is 8.09. The molecule has 0 saturated carbocycles. The zero-order valence-electron chi connectivity index (χ0n) is 13.9. The summed E-state index contributed by atoms with van der Waals surface area (Å²) in [6, 6.07) is 5.93. The van der Waals surface area contributed by atoms with Gasteiger partial charge >= 0.3 is 0 Å². The van der Waals surface area contributed by atoms with E-state index in [0.717, 1.165) is 17.5 Å². The Morgan fingerprint density at radius 2 is 1.80 bits per heavy atom. The molecule has 0 N–H and O–H groups in total. The lowest BCUT2D eigenvalue weighted by atomic mass is 10.3. The highest BCUT2D eigenvalue weighted by Crippen LogP contribution is 2.19. The lowest BCUT2D eigenvalue weighted by molar-refractivity contribution is 0.419. The van der Waals surface area contributed by atoms with Crippen LogP contribution in [0, 0.1) is 0 Å². The molecule has 0 unspecified atom stereocenters. The van der Waals surface area contributed by atoms with E-state index >= 15 is 0 Å². The predicted octanol–water partition coefficient (Wildman–Crippen LogP) is 3.35. The summed E-state index contributed by atoms with van der Waals surface area (Å²) >= 11 is 11.6. The number of hydrogen-bond acceptors (Lipinski definition) is 4. The van der Waals surface area contributed by atoms with Gasteiger partial charge in [-0.3, -0.25) is 4.79 Å². The third kappa shape index (κ3) is 4.23. The van der Waals surface area contributed by atoms with Crippen LogP contribution in [0.2, 0.25) is 10.0 Å². The highest BCUT2D eigenvalue weighted by atomic mass is 35.5. The van der Waals surface area contributed by atoms with E-state index in [1.165, 1.54) is 34.8 Å². The van der Waals surface area contributed by atoms with E-state index in [9.17, 15) is 13.2 Å². The van der Waals surface area contributed by atoms with Crippen LogP contribution in [0.25, 0.3) is 5.69 Å². The van der Waals surface area contributed by atoms with Gasteiger partial charge in [-0.1, -0.05) is 43.5 Å². The molecule has 9 heteroatoms. The summed E-state index contributed by atoms with van der Waals surface area (Å²) in [6.07, 6.45) is 2.98. The molecule has 0 aliphatic carbocycles. The van der Waals surface area contributed by atoms with Gasteiger partial charge < -0.3 is 0 Å². The van der Waals surface area contributed by atoms with Gasteiger partial charge in [0.2, 0.25) is 10.0 Å².